The molecule has 1 aliphatic heterocycles. The highest BCUT2D eigenvalue weighted by atomic mass is 16.5. The molecule has 1 atom stereocenters. The summed E-state index contributed by atoms with van der Waals surface area (Å²) < 4.78 is 6.90. The third kappa shape index (κ3) is 2.01. The molecule has 19 heavy (non-hydrogen) atoms. The lowest BCUT2D eigenvalue weighted by molar-refractivity contribution is -0.145. The van der Waals surface area contributed by atoms with E-state index in [4.69, 9.17) is 4.74 Å². The summed E-state index contributed by atoms with van der Waals surface area (Å²) in [5.41, 5.74) is 2.00. The molecule has 0 radical (unpaired) electrons. The first-order chi connectivity index (χ1) is 9.31. The predicted octanol–water partition coefficient (Wildman–Crippen LogP) is 2.00. The molecule has 0 aliphatic carbocycles. The van der Waals surface area contributed by atoms with Crippen molar-refractivity contribution in [3.8, 4) is 11.4 Å². The fraction of sp³-hybridized carbons (Fsp3) is 0.357. The highest BCUT2D eigenvalue weighted by molar-refractivity contribution is 5.75. The first-order valence-corrected chi connectivity index (χ1v) is 6.35. The minimum absolute atomic E-state index is 0.205. The molecule has 0 fully saturated rings. The van der Waals surface area contributed by atoms with Gasteiger partial charge in [-0.2, -0.15) is 0 Å². The summed E-state index contributed by atoms with van der Waals surface area (Å²) in [6.45, 7) is 0. The molecule has 3 rings (SSSR count). The predicted molar refractivity (Wildman–Crippen MR) is 69.4 cm³/mol. The Morgan fingerprint density at radius 1 is 1.47 bits per heavy atom. The number of pyridine rings is 1. The fourth-order valence-corrected chi connectivity index (χ4v) is 2.60. The monoisotopic (exact) mass is 257 g/mol. The Bertz CT molecular complexity index is 592. The number of carbonyl (C=O) groups excluding carboxylic acids is 1. The van der Waals surface area contributed by atoms with E-state index in [0.717, 1.165) is 36.3 Å². The smallest absolute Gasteiger partial charge is 0.328 e. The van der Waals surface area contributed by atoms with Crippen LogP contribution >= 0.6 is 0 Å². The van der Waals surface area contributed by atoms with Crippen LogP contribution in [-0.4, -0.2) is 27.6 Å². The van der Waals surface area contributed by atoms with Crippen LogP contribution in [0, 0.1) is 0 Å². The van der Waals surface area contributed by atoms with Crippen molar-refractivity contribution in [2.75, 3.05) is 7.11 Å². The molecule has 1 aliphatic rings. The van der Waals surface area contributed by atoms with E-state index in [0.29, 0.717) is 0 Å². The molecule has 3 heterocycles. The van der Waals surface area contributed by atoms with Crippen LogP contribution in [0.5, 0.6) is 0 Å². The Balaban J connectivity index is 2.09. The topological polar surface area (TPSA) is 57.0 Å². The third-order valence-electron chi connectivity index (χ3n) is 3.49. The second-order valence-corrected chi connectivity index (χ2v) is 4.62. The van der Waals surface area contributed by atoms with Crippen molar-refractivity contribution in [1.82, 2.24) is 14.5 Å². The van der Waals surface area contributed by atoms with Gasteiger partial charge in [0.25, 0.3) is 0 Å². The van der Waals surface area contributed by atoms with Crippen LogP contribution < -0.4 is 0 Å². The Hall–Kier alpha value is -2.17. The van der Waals surface area contributed by atoms with E-state index in [2.05, 4.69) is 9.97 Å². The van der Waals surface area contributed by atoms with Gasteiger partial charge in [-0.3, -0.25) is 4.98 Å². The second kappa shape index (κ2) is 4.84. The number of aromatic nitrogens is 3. The first kappa shape index (κ1) is 11.9. The van der Waals surface area contributed by atoms with Crippen LogP contribution in [0.15, 0.2) is 30.7 Å². The van der Waals surface area contributed by atoms with Crippen molar-refractivity contribution in [2.24, 2.45) is 0 Å². The summed E-state index contributed by atoms with van der Waals surface area (Å²) in [6, 6.07) is 3.55. The van der Waals surface area contributed by atoms with Gasteiger partial charge in [0.2, 0.25) is 0 Å². The molecule has 2 aromatic heterocycles. The number of ether oxygens (including phenoxy) is 1. The summed E-state index contributed by atoms with van der Waals surface area (Å²) in [4.78, 5) is 20.5. The van der Waals surface area contributed by atoms with Gasteiger partial charge in [0.1, 0.15) is 11.9 Å². The molecular formula is C14H15N3O2. The molecule has 0 aromatic carbocycles. The van der Waals surface area contributed by atoms with E-state index in [1.165, 1.54) is 7.11 Å². The summed E-state index contributed by atoms with van der Waals surface area (Å²) in [6.07, 6.45) is 8.05. The Labute approximate surface area is 111 Å². The molecule has 1 unspecified atom stereocenters. The lowest BCUT2D eigenvalue weighted by Gasteiger charge is -2.25. The number of nitrogens with zero attached hydrogens (tertiary/aromatic N) is 3. The van der Waals surface area contributed by atoms with Gasteiger partial charge >= 0.3 is 5.97 Å². The van der Waals surface area contributed by atoms with Crippen LogP contribution in [0.3, 0.4) is 0 Å². The number of rotatable bonds is 2. The van der Waals surface area contributed by atoms with Crippen LogP contribution in [0.25, 0.3) is 11.4 Å². The summed E-state index contributed by atoms with van der Waals surface area (Å²) in [5.74, 6) is 0.585. The lowest BCUT2D eigenvalue weighted by atomic mass is 10.0. The zero-order chi connectivity index (χ0) is 13.2. The van der Waals surface area contributed by atoms with Gasteiger partial charge in [0.05, 0.1) is 7.11 Å². The highest BCUT2D eigenvalue weighted by Gasteiger charge is 2.29. The molecule has 0 amide bonds. The Morgan fingerprint density at radius 2 is 2.37 bits per heavy atom. The van der Waals surface area contributed by atoms with E-state index < -0.39 is 0 Å². The number of aryl methyl sites for hydroxylation is 1. The minimum Gasteiger partial charge on any atom is -0.467 e. The SMILES string of the molecule is COC(=O)C1CCCc2cnc(-c3cccnc3)n21. The molecule has 5 heteroatoms. The van der Waals surface area contributed by atoms with E-state index in [-0.39, 0.29) is 12.0 Å². The summed E-state index contributed by atoms with van der Waals surface area (Å²) in [5, 5.41) is 0. The second-order valence-electron chi connectivity index (χ2n) is 4.62. The van der Waals surface area contributed by atoms with Gasteiger partial charge in [-0.25, -0.2) is 9.78 Å². The molecule has 0 bridgehead atoms. The third-order valence-corrected chi connectivity index (χ3v) is 3.49. The molecular weight excluding hydrogens is 242 g/mol. The first-order valence-electron chi connectivity index (χ1n) is 6.35. The lowest BCUT2D eigenvalue weighted by Crippen LogP contribution is -2.26. The standard InChI is InChI=1S/C14H15N3O2/c1-19-14(18)12-6-2-5-11-9-16-13(17(11)12)10-4-3-7-15-8-10/h3-4,7-9,12H,2,5-6H2,1H3. The van der Waals surface area contributed by atoms with Crippen molar-refractivity contribution in [3.05, 3.63) is 36.4 Å². The van der Waals surface area contributed by atoms with Gasteiger partial charge in [0, 0.05) is 29.8 Å². The van der Waals surface area contributed by atoms with Crippen LogP contribution in [0.4, 0.5) is 0 Å². The molecule has 5 nitrogen and oxygen atoms in total. The van der Waals surface area contributed by atoms with Gasteiger partial charge in [-0.15, -0.1) is 0 Å². The zero-order valence-corrected chi connectivity index (χ0v) is 10.7. The van der Waals surface area contributed by atoms with Crippen molar-refractivity contribution >= 4 is 5.97 Å². The fourth-order valence-electron chi connectivity index (χ4n) is 2.60. The minimum atomic E-state index is -0.272. The van der Waals surface area contributed by atoms with Crippen molar-refractivity contribution in [3.63, 3.8) is 0 Å². The van der Waals surface area contributed by atoms with Crippen molar-refractivity contribution in [1.29, 1.82) is 0 Å². The summed E-state index contributed by atoms with van der Waals surface area (Å²) in [7, 11) is 1.43. The van der Waals surface area contributed by atoms with E-state index >= 15 is 0 Å². The Morgan fingerprint density at radius 3 is 3.11 bits per heavy atom. The molecule has 0 saturated carbocycles. The van der Waals surface area contributed by atoms with E-state index in [1.807, 2.05) is 22.9 Å². The molecule has 0 saturated heterocycles. The van der Waals surface area contributed by atoms with Crippen LogP contribution in [0.1, 0.15) is 24.6 Å². The number of esters is 1. The number of carbonyl (C=O) groups is 1. The van der Waals surface area contributed by atoms with Gasteiger partial charge < -0.3 is 9.30 Å². The zero-order valence-electron chi connectivity index (χ0n) is 10.7. The van der Waals surface area contributed by atoms with Gasteiger partial charge in [-0.1, -0.05) is 0 Å². The summed E-state index contributed by atoms with van der Waals surface area (Å²) >= 11 is 0. The van der Waals surface area contributed by atoms with E-state index in [9.17, 15) is 4.79 Å². The van der Waals surface area contributed by atoms with Gasteiger partial charge in [-0.05, 0) is 31.4 Å². The molecule has 0 spiro atoms. The number of hydrogen-bond donors (Lipinski definition) is 0. The quantitative estimate of drug-likeness (QED) is 0.772. The van der Waals surface area contributed by atoms with Crippen LogP contribution in [0.2, 0.25) is 0 Å². The number of fused-ring (bicyclic) bond motifs is 1. The number of methoxy groups -OCH3 is 1. The number of hydrogen-bond acceptors (Lipinski definition) is 4. The van der Waals surface area contributed by atoms with Gasteiger partial charge in [0.15, 0.2) is 0 Å². The van der Waals surface area contributed by atoms with Crippen molar-refractivity contribution < 1.29 is 9.53 Å². The number of imidazole rings is 1. The Kier molecular flexibility index (Phi) is 3.03. The average molecular weight is 257 g/mol. The maximum Gasteiger partial charge on any atom is 0.328 e. The molecule has 98 valence electrons. The van der Waals surface area contributed by atoms with Crippen LogP contribution in [-0.2, 0) is 16.0 Å². The largest absolute Gasteiger partial charge is 0.467 e. The average Bonchev–Trinajstić information content (AvgIpc) is 2.91. The maximum atomic E-state index is 11.9. The molecule has 0 N–H and O–H groups in total. The normalized spacial score (nSPS) is 17.8. The van der Waals surface area contributed by atoms with E-state index in [1.54, 1.807) is 12.4 Å². The maximum absolute atomic E-state index is 11.9. The molecule has 2 aromatic rings. The highest BCUT2D eigenvalue weighted by Crippen LogP contribution is 2.31. The van der Waals surface area contributed by atoms with Crippen molar-refractivity contribution in [2.45, 2.75) is 25.3 Å².